The smallest absolute Gasteiger partial charge is 0.237 e. The van der Waals surface area contributed by atoms with Gasteiger partial charge in [0.2, 0.25) is 5.91 Å². The first-order chi connectivity index (χ1) is 7.17. The Morgan fingerprint density at radius 1 is 1.73 bits per heavy atom. The van der Waals surface area contributed by atoms with Crippen molar-refractivity contribution in [2.45, 2.75) is 44.4 Å². The van der Waals surface area contributed by atoms with Crippen LogP contribution in [0.3, 0.4) is 0 Å². The maximum Gasteiger partial charge on any atom is 0.237 e. The molecule has 1 amide bonds. The number of carbonyl (C=O) groups is 1. The number of carbonyl (C=O) groups excluding carboxylic acids is 1. The van der Waals surface area contributed by atoms with Gasteiger partial charge >= 0.3 is 0 Å². The second kappa shape index (κ2) is 5.88. The summed E-state index contributed by atoms with van der Waals surface area (Å²) in [7, 11) is 0. The van der Waals surface area contributed by atoms with E-state index in [4.69, 9.17) is 10.5 Å². The van der Waals surface area contributed by atoms with Crippen molar-refractivity contribution in [1.82, 2.24) is 5.32 Å². The number of ether oxygens (including phenoxy) is 1. The normalized spacial score (nSPS) is 26.5. The Morgan fingerprint density at radius 3 is 2.93 bits per heavy atom. The van der Waals surface area contributed by atoms with Crippen LogP contribution in [-0.2, 0) is 9.53 Å². The number of nitrogens with one attached hydrogen (secondary N) is 1. The second-order valence-corrected chi connectivity index (χ2v) is 3.89. The lowest BCUT2D eigenvalue weighted by atomic mass is 9.89. The first-order valence-corrected chi connectivity index (χ1v) is 5.45. The molecule has 4 heteroatoms. The summed E-state index contributed by atoms with van der Waals surface area (Å²) in [6, 6.07) is -0.224. The van der Waals surface area contributed by atoms with Gasteiger partial charge in [0.05, 0.1) is 12.1 Å². The Hall–Kier alpha value is -0.870. The molecule has 0 aromatic heterocycles. The fraction of sp³-hybridized carbons (Fsp3) is 0.727. The van der Waals surface area contributed by atoms with Crippen LogP contribution in [-0.4, -0.2) is 30.7 Å². The lowest BCUT2D eigenvalue weighted by molar-refractivity contribution is -0.124. The summed E-state index contributed by atoms with van der Waals surface area (Å²) in [6.07, 6.45) is 4.30. The van der Waals surface area contributed by atoms with Crippen molar-refractivity contribution in [2.24, 2.45) is 5.73 Å². The average molecular weight is 212 g/mol. The van der Waals surface area contributed by atoms with E-state index in [1.807, 2.05) is 6.92 Å². The predicted molar refractivity (Wildman–Crippen MR) is 59.4 cm³/mol. The van der Waals surface area contributed by atoms with E-state index in [1.165, 1.54) is 0 Å². The quantitative estimate of drug-likeness (QED) is 0.633. The number of rotatable bonds is 6. The fourth-order valence-electron chi connectivity index (χ4n) is 1.65. The number of hydrogen-bond acceptors (Lipinski definition) is 3. The van der Waals surface area contributed by atoms with Crippen LogP contribution in [0.5, 0.6) is 0 Å². The first kappa shape index (κ1) is 12.2. The van der Waals surface area contributed by atoms with Crippen molar-refractivity contribution in [1.29, 1.82) is 0 Å². The minimum atomic E-state index is -0.464. The summed E-state index contributed by atoms with van der Waals surface area (Å²) in [5.74, 6) is -0.0881. The zero-order valence-electron chi connectivity index (χ0n) is 9.24. The van der Waals surface area contributed by atoms with Gasteiger partial charge in [0.15, 0.2) is 0 Å². The Labute approximate surface area is 90.9 Å². The molecule has 1 fully saturated rings. The molecule has 1 unspecified atom stereocenters. The summed E-state index contributed by atoms with van der Waals surface area (Å²) < 4.78 is 5.40. The Kier molecular flexibility index (Phi) is 4.78. The van der Waals surface area contributed by atoms with Crippen LogP contribution in [0.4, 0.5) is 0 Å². The SMILES string of the molecule is C=CCC(N)C(=O)NC1CC(OCC)C1. The molecule has 0 bridgehead atoms. The maximum absolute atomic E-state index is 11.5. The number of nitrogens with two attached hydrogens (primary N) is 1. The molecule has 0 radical (unpaired) electrons. The zero-order chi connectivity index (χ0) is 11.3. The molecule has 86 valence electrons. The largest absolute Gasteiger partial charge is 0.378 e. The van der Waals surface area contributed by atoms with Crippen molar-refractivity contribution < 1.29 is 9.53 Å². The van der Waals surface area contributed by atoms with Gasteiger partial charge in [-0.05, 0) is 26.2 Å². The Balaban J connectivity index is 2.15. The molecule has 0 heterocycles. The van der Waals surface area contributed by atoms with Crippen molar-refractivity contribution in [2.75, 3.05) is 6.61 Å². The van der Waals surface area contributed by atoms with E-state index in [0.29, 0.717) is 12.5 Å². The van der Waals surface area contributed by atoms with Crippen molar-refractivity contribution in [3.05, 3.63) is 12.7 Å². The summed E-state index contributed by atoms with van der Waals surface area (Å²) in [5.41, 5.74) is 5.63. The molecule has 4 nitrogen and oxygen atoms in total. The topological polar surface area (TPSA) is 64.4 Å². The summed E-state index contributed by atoms with van der Waals surface area (Å²) >= 11 is 0. The van der Waals surface area contributed by atoms with Crippen LogP contribution in [0.25, 0.3) is 0 Å². The minimum absolute atomic E-state index is 0.0881. The maximum atomic E-state index is 11.5. The average Bonchev–Trinajstić information content (AvgIpc) is 2.14. The van der Waals surface area contributed by atoms with E-state index in [2.05, 4.69) is 11.9 Å². The molecule has 1 saturated carbocycles. The highest BCUT2D eigenvalue weighted by Gasteiger charge is 2.31. The van der Waals surface area contributed by atoms with E-state index in [-0.39, 0.29) is 11.9 Å². The molecule has 0 aromatic rings. The van der Waals surface area contributed by atoms with E-state index >= 15 is 0 Å². The van der Waals surface area contributed by atoms with E-state index in [1.54, 1.807) is 6.08 Å². The molecule has 3 N–H and O–H groups in total. The van der Waals surface area contributed by atoms with Crippen LogP contribution in [0.15, 0.2) is 12.7 Å². The highest BCUT2D eigenvalue weighted by Crippen LogP contribution is 2.23. The molecular formula is C11H20N2O2. The van der Waals surface area contributed by atoms with Crippen molar-refractivity contribution in [3.8, 4) is 0 Å². The van der Waals surface area contributed by atoms with Crippen molar-refractivity contribution >= 4 is 5.91 Å². The van der Waals surface area contributed by atoms with Gasteiger partial charge < -0.3 is 15.8 Å². The minimum Gasteiger partial charge on any atom is -0.378 e. The monoisotopic (exact) mass is 212 g/mol. The molecular weight excluding hydrogens is 192 g/mol. The fourth-order valence-corrected chi connectivity index (χ4v) is 1.65. The highest BCUT2D eigenvalue weighted by atomic mass is 16.5. The Bertz CT molecular complexity index is 225. The Morgan fingerprint density at radius 2 is 2.40 bits per heavy atom. The second-order valence-electron chi connectivity index (χ2n) is 3.89. The summed E-state index contributed by atoms with van der Waals surface area (Å²) in [4.78, 5) is 11.5. The molecule has 0 aliphatic heterocycles. The summed E-state index contributed by atoms with van der Waals surface area (Å²) in [5, 5.41) is 2.90. The highest BCUT2D eigenvalue weighted by molar-refractivity contribution is 5.82. The molecule has 0 saturated heterocycles. The molecule has 1 aliphatic rings. The van der Waals surface area contributed by atoms with Gasteiger partial charge in [-0.15, -0.1) is 6.58 Å². The third kappa shape index (κ3) is 3.64. The van der Waals surface area contributed by atoms with Gasteiger partial charge in [-0.3, -0.25) is 4.79 Å². The molecule has 1 atom stereocenters. The number of amides is 1. The number of hydrogen-bond donors (Lipinski definition) is 2. The third-order valence-corrected chi connectivity index (χ3v) is 2.60. The van der Waals surface area contributed by atoms with E-state index in [9.17, 15) is 4.79 Å². The molecule has 15 heavy (non-hydrogen) atoms. The first-order valence-electron chi connectivity index (χ1n) is 5.45. The molecule has 0 aromatic carbocycles. The van der Waals surface area contributed by atoms with E-state index in [0.717, 1.165) is 19.4 Å². The van der Waals surface area contributed by atoms with Gasteiger partial charge in [-0.25, -0.2) is 0 Å². The standard InChI is InChI=1S/C11H20N2O2/c1-3-5-10(12)11(14)13-8-6-9(7-8)15-4-2/h3,8-10H,1,4-7,12H2,2H3,(H,13,14). The van der Waals surface area contributed by atoms with Crippen LogP contribution in [0.1, 0.15) is 26.2 Å². The molecule has 1 aliphatic carbocycles. The predicted octanol–water partition coefficient (Wildman–Crippen LogP) is 0.574. The third-order valence-electron chi connectivity index (χ3n) is 2.60. The van der Waals surface area contributed by atoms with Crippen molar-refractivity contribution in [3.63, 3.8) is 0 Å². The van der Waals surface area contributed by atoms with Gasteiger partial charge in [-0.1, -0.05) is 6.08 Å². The molecule has 1 rings (SSSR count). The lowest BCUT2D eigenvalue weighted by Crippen LogP contribution is -2.52. The summed E-state index contributed by atoms with van der Waals surface area (Å²) in [6.45, 7) is 6.27. The molecule has 0 spiro atoms. The van der Waals surface area contributed by atoms with Gasteiger partial charge in [0, 0.05) is 12.6 Å². The van der Waals surface area contributed by atoms with Crippen LogP contribution in [0.2, 0.25) is 0 Å². The van der Waals surface area contributed by atoms with Crippen LogP contribution < -0.4 is 11.1 Å². The van der Waals surface area contributed by atoms with Gasteiger partial charge in [0.25, 0.3) is 0 Å². The van der Waals surface area contributed by atoms with Gasteiger partial charge in [0.1, 0.15) is 0 Å². The van der Waals surface area contributed by atoms with Crippen LogP contribution in [0, 0.1) is 0 Å². The van der Waals surface area contributed by atoms with Gasteiger partial charge in [-0.2, -0.15) is 0 Å². The van der Waals surface area contributed by atoms with E-state index < -0.39 is 6.04 Å². The van der Waals surface area contributed by atoms with Crippen LogP contribution >= 0.6 is 0 Å². The zero-order valence-corrected chi connectivity index (χ0v) is 9.24. The lowest BCUT2D eigenvalue weighted by Gasteiger charge is -2.35.